The van der Waals surface area contributed by atoms with Crippen molar-refractivity contribution in [2.45, 2.75) is 108 Å². The van der Waals surface area contributed by atoms with Crippen LogP contribution in [0.2, 0.25) is 0 Å². The Morgan fingerprint density at radius 3 is 1.92 bits per heavy atom. The first-order chi connectivity index (χ1) is 12.4. The molecule has 1 saturated heterocycles. The Kier molecular flexibility index (Phi) is 9.04. The summed E-state index contributed by atoms with van der Waals surface area (Å²) in [5.74, 6) is 0. The van der Waals surface area contributed by atoms with Gasteiger partial charge in [-0.1, -0.05) is 64.2 Å². The van der Waals surface area contributed by atoms with Crippen LogP contribution in [0.1, 0.15) is 89.9 Å². The molecule has 3 N–H and O–H groups in total. The zero-order valence-corrected chi connectivity index (χ0v) is 16.4. The van der Waals surface area contributed by atoms with Gasteiger partial charge < -0.3 is 5.32 Å². The van der Waals surface area contributed by atoms with E-state index in [1.807, 2.05) is 0 Å². The third kappa shape index (κ3) is 6.82. The summed E-state index contributed by atoms with van der Waals surface area (Å²) in [6.45, 7) is 4.56. The predicted molar refractivity (Wildman–Crippen MR) is 107 cm³/mol. The van der Waals surface area contributed by atoms with Crippen LogP contribution in [-0.4, -0.2) is 49.5 Å². The molecule has 1 heterocycles. The standard InChI is InChI=1S/C21H42N4/c1-3-7-11-19(12-8-4-1)22-15-16-23-21-24-17-18-25(21)20-13-9-5-2-6-10-14-20/h19-24H,1-18H2/t21-/m0/s1. The van der Waals surface area contributed by atoms with Crippen molar-refractivity contribution in [1.82, 2.24) is 20.9 Å². The maximum Gasteiger partial charge on any atom is 0.114 e. The lowest BCUT2D eigenvalue weighted by atomic mass is 9.96. The van der Waals surface area contributed by atoms with Crippen molar-refractivity contribution in [3.8, 4) is 0 Å². The lowest BCUT2D eigenvalue weighted by Gasteiger charge is -2.34. The van der Waals surface area contributed by atoms with Gasteiger partial charge in [0.1, 0.15) is 6.29 Å². The summed E-state index contributed by atoms with van der Waals surface area (Å²) in [4.78, 5) is 2.72. The lowest BCUT2D eigenvalue weighted by Crippen LogP contribution is -2.53. The number of hydrogen-bond acceptors (Lipinski definition) is 4. The van der Waals surface area contributed by atoms with Gasteiger partial charge in [0.25, 0.3) is 0 Å². The van der Waals surface area contributed by atoms with Crippen molar-refractivity contribution in [2.24, 2.45) is 0 Å². The topological polar surface area (TPSA) is 39.3 Å². The highest BCUT2D eigenvalue weighted by atomic mass is 15.4. The zero-order valence-electron chi connectivity index (χ0n) is 16.4. The second-order valence-corrected chi connectivity index (χ2v) is 8.54. The highest BCUT2D eigenvalue weighted by Crippen LogP contribution is 2.23. The second-order valence-electron chi connectivity index (χ2n) is 8.54. The minimum Gasteiger partial charge on any atom is -0.313 e. The van der Waals surface area contributed by atoms with E-state index >= 15 is 0 Å². The molecule has 0 bridgehead atoms. The van der Waals surface area contributed by atoms with Crippen LogP contribution in [0.15, 0.2) is 0 Å². The fraction of sp³-hybridized carbons (Fsp3) is 1.00. The highest BCUT2D eigenvalue weighted by molar-refractivity contribution is 4.84. The Balaban J connectivity index is 1.35. The van der Waals surface area contributed by atoms with Crippen LogP contribution in [0.5, 0.6) is 0 Å². The van der Waals surface area contributed by atoms with Crippen LogP contribution in [0, 0.1) is 0 Å². The largest absolute Gasteiger partial charge is 0.313 e. The van der Waals surface area contributed by atoms with Gasteiger partial charge >= 0.3 is 0 Å². The Hall–Kier alpha value is -0.160. The van der Waals surface area contributed by atoms with Crippen molar-refractivity contribution < 1.29 is 0 Å². The van der Waals surface area contributed by atoms with E-state index in [1.54, 1.807) is 0 Å². The van der Waals surface area contributed by atoms with Crippen molar-refractivity contribution >= 4 is 0 Å². The summed E-state index contributed by atoms with van der Waals surface area (Å²) in [5, 5.41) is 11.3. The van der Waals surface area contributed by atoms with Gasteiger partial charge in [-0.15, -0.1) is 0 Å². The molecule has 3 aliphatic rings. The first-order valence-electron chi connectivity index (χ1n) is 11.4. The highest BCUT2D eigenvalue weighted by Gasteiger charge is 2.29. The van der Waals surface area contributed by atoms with Gasteiger partial charge in [-0.05, 0) is 25.7 Å². The average Bonchev–Trinajstić information content (AvgIpc) is 3.01. The van der Waals surface area contributed by atoms with Crippen LogP contribution in [-0.2, 0) is 0 Å². The molecule has 0 aromatic heterocycles. The average molecular weight is 351 g/mol. The number of nitrogens with one attached hydrogen (secondary N) is 3. The van der Waals surface area contributed by atoms with Crippen LogP contribution in [0.25, 0.3) is 0 Å². The summed E-state index contributed by atoms with van der Waals surface area (Å²) in [6.07, 6.45) is 20.4. The van der Waals surface area contributed by atoms with E-state index < -0.39 is 0 Å². The molecule has 146 valence electrons. The fourth-order valence-corrected chi connectivity index (χ4v) is 5.07. The minimum atomic E-state index is 0.406. The van der Waals surface area contributed by atoms with Gasteiger partial charge in [0.2, 0.25) is 0 Å². The predicted octanol–water partition coefficient (Wildman–Crippen LogP) is 3.58. The first-order valence-corrected chi connectivity index (χ1v) is 11.4. The minimum absolute atomic E-state index is 0.406. The Labute approximate surface area is 155 Å². The molecule has 0 radical (unpaired) electrons. The molecule has 3 fully saturated rings. The van der Waals surface area contributed by atoms with Gasteiger partial charge in [0.15, 0.2) is 0 Å². The van der Waals surface area contributed by atoms with E-state index in [9.17, 15) is 0 Å². The molecule has 4 heteroatoms. The molecular weight excluding hydrogens is 308 g/mol. The first kappa shape index (κ1) is 19.6. The van der Waals surface area contributed by atoms with Crippen LogP contribution >= 0.6 is 0 Å². The number of rotatable bonds is 6. The van der Waals surface area contributed by atoms with Gasteiger partial charge in [-0.25, -0.2) is 0 Å². The smallest absolute Gasteiger partial charge is 0.114 e. The van der Waals surface area contributed by atoms with E-state index in [0.717, 1.165) is 31.7 Å². The maximum absolute atomic E-state index is 3.82. The normalized spacial score (nSPS) is 29.0. The van der Waals surface area contributed by atoms with E-state index in [4.69, 9.17) is 0 Å². The summed E-state index contributed by atoms with van der Waals surface area (Å²) in [5.41, 5.74) is 0. The second kappa shape index (κ2) is 11.5. The van der Waals surface area contributed by atoms with Crippen molar-refractivity contribution in [2.75, 3.05) is 26.2 Å². The summed E-state index contributed by atoms with van der Waals surface area (Å²) >= 11 is 0. The van der Waals surface area contributed by atoms with Crippen molar-refractivity contribution in [1.29, 1.82) is 0 Å². The fourth-order valence-electron chi connectivity index (χ4n) is 5.07. The zero-order chi connectivity index (χ0) is 17.2. The summed E-state index contributed by atoms with van der Waals surface area (Å²) in [6, 6.07) is 1.56. The maximum atomic E-state index is 3.82. The van der Waals surface area contributed by atoms with E-state index in [-0.39, 0.29) is 0 Å². The van der Waals surface area contributed by atoms with Gasteiger partial charge in [0.05, 0.1) is 0 Å². The molecule has 0 aromatic rings. The molecule has 1 aliphatic heterocycles. The van der Waals surface area contributed by atoms with Crippen LogP contribution < -0.4 is 16.0 Å². The molecule has 3 rings (SSSR count). The number of nitrogens with zero attached hydrogens (tertiary/aromatic N) is 1. The van der Waals surface area contributed by atoms with Gasteiger partial charge in [-0.2, -0.15) is 0 Å². The molecule has 25 heavy (non-hydrogen) atoms. The van der Waals surface area contributed by atoms with E-state index in [1.165, 1.54) is 96.4 Å². The summed E-state index contributed by atoms with van der Waals surface area (Å²) in [7, 11) is 0. The molecule has 4 nitrogen and oxygen atoms in total. The van der Waals surface area contributed by atoms with Crippen molar-refractivity contribution in [3.63, 3.8) is 0 Å². The van der Waals surface area contributed by atoms with Crippen molar-refractivity contribution in [3.05, 3.63) is 0 Å². The molecule has 0 aromatic carbocycles. The number of hydrogen-bond donors (Lipinski definition) is 3. The molecule has 0 unspecified atom stereocenters. The molecule has 0 amide bonds. The molecular formula is C21H42N4. The van der Waals surface area contributed by atoms with Crippen LogP contribution in [0.4, 0.5) is 0 Å². The SMILES string of the molecule is C1CCCC(NCCN[C@H]2NCCN2C2CCCCCCC2)CCC1. The third-order valence-corrected chi connectivity index (χ3v) is 6.58. The summed E-state index contributed by atoms with van der Waals surface area (Å²) < 4.78 is 0. The quantitative estimate of drug-likeness (QED) is 0.640. The molecule has 1 atom stereocenters. The monoisotopic (exact) mass is 350 g/mol. The van der Waals surface area contributed by atoms with E-state index in [0.29, 0.717) is 6.29 Å². The molecule has 0 spiro atoms. The molecule has 2 aliphatic carbocycles. The Morgan fingerprint density at radius 1 is 0.680 bits per heavy atom. The van der Waals surface area contributed by atoms with Gasteiger partial charge in [0, 0.05) is 38.3 Å². The van der Waals surface area contributed by atoms with Crippen LogP contribution in [0.3, 0.4) is 0 Å². The molecule has 2 saturated carbocycles. The van der Waals surface area contributed by atoms with Gasteiger partial charge in [-0.3, -0.25) is 15.5 Å². The van der Waals surface area contributed by atoms with E-state index in [2.05, 4.69) is 20.9 Å². The third-order valence-electron chi connectivity index (χ3n) is 6.58. The Morgan fingerprint density at radius 2 is 1.24 bits per heavy atom. The Bertz CT molecular complexity index is 333. The lowest BCUT2D eigenvalue weighted by molar-refractivity contribution is 0.122.